The van der Waals surface area contributed by atoms with Gasteiger partial charge >= 0.3 is 6.18 Å². The predicted molar refractivity (Wildman–Crippen MR) is 110 cm³/mol. The van der Waals surface area contributed by atoms with Gasteiger partial charge in [0.15, 0.2) is 0 Å². The smallest absolute Gasteiger partial charge is 0.418 e. The van der Waals surface area contributed by atoms with E-state index in [1.807, 2.05) is 24.0 Å². The zero-order valence-corrected chi connectivity index (χ0v) is 17.1. The van der Waals surface area contributed by atoms with E-state index in [2.05, 4.69) is 16.3 Å². The minimum absolute atomic E-state index is 0.0633. The van der Waals surface area contributed by atoms with Crippen LogP contribution >= 0.6 is 0 Å². The van der Waals surface area contributed by atoms with Crippen molar-refractivity contribution in [3.05, 3.63) is 59.2 Å². The number of para-hydroxylation sites is 1. The number of aryl methyl sites for hydroxylation is 1. The maximum atomic E-state index is 13.1. The van der Waals surface area contributed by atoms with Crippen LogP contribution in [0, 0.1) is 6.92 Å². The monoisotopic (exact) mass is 421 g/mol. The first-order valence-corrected chi connectivity index (χ1v) is 9.80. The number of carbonyl (C=O) groups is 1. The maximum absolute atomic E-state index is 13.1. The number of hydrogen-bond acceptors (Lipinski definition) is 4. The van der Waals surface area contributed by atoms with E-state index in [4.69, 9.17) is 4.74 Å². The van der Waals surface area contributed by atoms with Gasteiger partial charge in [-0.1, -0.05) is 29.8 Å². The molecule has 30 heavy (non-hydrogen) atoms. The molecule has 1 N–H and O–H groups in total. The summed E-state index contributed by atoms with van der Waals surface area (Å²) in [6.45, 7) is 5.73. The van der Waals surface area contributed by atoms with Crippen LogP contribution in [0.4, 0.5) is 18.9 Å². The molecule has 0 bridgehead atoms. The summed E-state index contributed by atoms with van der Waals surface area (Å²) in [7, 11) is 1.65. The molecule has 2 aromatic carbocycles. The average Bonchev–Trinajstić information content (AvgIpc) is 2.69. The highest BCUT2D eigenvalue weighted by molar-refractivity contribution is 5.93. The predicted octanol–water partition coefficient (Wildman–Crippen LogP) is 3.78. The van der Waals surface area contributed by atoms with Gasteiger partial charge in [0, 0.05) is 38.3 Å². The third-order valence-electron chi connectivity index (χ3n) is 5.17. The van der Waals surface area contributed by atoms with Crippen molar-refractivity contribution in [1.82, 2.24) is 9.80 Å². The number of hydrogen-bond donors (Lipinski definition) is 1. The number of carbonyl (C=O) groups excluding carboxylic acids is 1. The van der Waals surface area contributed by atoms with Gasteiger partial charge in [-0.3, -0.25) is 14.6 Å². The molecule has 1 amide bonds. The number of nitrogens with zero attached hydrogens (tertiary/aromatic N) is 2. The molecule has 0 spiro atoms. The van der Waals surface area contributed by atoms with E-state index in [9.17, 15) is 18.0 Å². The first-order valence-electron chi connectivity index (χ1n) is 9.80. The highest BCUT2D eigenvalue weighted by Gasteiger charge is 2.33. The number of alkyl halides is 3. The lowest BCUT2D eigenvalue weighted by atomic mass is 10.1. The fourth-order valence-electron chi connectivity index (χ4n) is 3.61. The standard InChI is InChI=1S/C22H26F3N3O2/c1-16-7-8-20(30-2)17(13-16)14-27-9-11-28(12-10-27)15-21(29)26-19-6-4-3-5-18(19)22(23,24)25/h3-8,13H,9-12,14-15H2,1-2H3,(H,26,29). The van der Waals surface area contributed by atoms with E-state index >= 15 is 0 Å². The lowest BCUT2D eigenvalue weighted by Crippen LogP contribution is -2.48. The molecular weight excluding hydrogens is 395 g/mol. The Morgan fingerprint density at radius 2 is 1.73 bits per heavy atom. The number of methoxy groups -OCH3 is 1. The Balaban J connectivity index is 1.52. The Morgan fingerprint density at radius 1 is 1.07 bits per heavy atom. The number of benzene rings is 2. The molecule has 1 saturated heterocycles. The number of halogens is 3. The van der Waals surface area contributed by atoms with Crippen molar-refractivity contribution in [3.63, 3.8) is 0 Å². The van der Waals surface area contributed by atoms with Gasteiger partial charge in [-0.25, -0.2) is 0 Å². The van der Waals surface area contributed by atoms with Crippen molar-refractivity contribution < 1.29 is 22.7 Å². The average molecular weight is 421 g/mol. The number of nitrogens with one attached hydrogen (secondary N) is 1. The van der Waals surface area contributed by atoms with Crippen LogP contribution in [0.25, 0.3) is 0 Å². The Morgan fingerprint density at radius 3 is 2.40 bits per heavy atom. The molecular formula is C22H26F3N3O2. The van der Waals surface area contributed by atoms with E-state index in [0.29, 0.717) is 13.1 Å². The topological polar surface area (TPSA) is 44.8 Å². The highest BCUT2D eigenvalue weighted by Crippen LogP contribution is 2.34. The molecule has 8 heteroatoms. The fourth-order valence-corrected chi connectivity index (χ4v) is 3.61. The third kappa shape index (κ3) is 5.73. The molecule has 0 saturated carbocycles. The highest BCUT2D eigenvalue weighted by atomic mass is 19.4. The lowest BCUT2D eigenvalue weighted by Gasteiger charge is -2.34. The zero-order valence-electron chi connectivity index (χ0n) is 17.1. The Hall–Kier alpha value is -2.58. The quantitative estimate of drug-likeness (QED) is 0.771. The first-order chi connectivity index (χ1) is 14.3. The number of anilines is 1. The summed E-state index contributed by atoms with van der Waals surface area (Å²) in [6.07, 6.45) is -4.51. The molecule has 1 aliphatic rings. The van der Waals surface area contributed by atoms with Crippen molar-refractivity contribution in [2.24, 2.45) is 0 Å². The van der Waals surface area contributed by atoms with Gasteiger partial charge in [-0.05, 0) is 25.1 Å². The van der Waals surface area contributed by atoms with Crippen LogP contribution in [0.5, 0.6) is 5.75 Å². The van der Waals surface area contributed by atoms with Crippen LogP contribution < -0.4 is 10.1 Å². The van der Waals surface area contributed by atoms with Gasteiger partial charge in [0.2, 0.25) is 5.91 Å². The second kappa shape index (κ2) is 9.49. The van der Waals surface area contributed by atoms with Gasteiger partial charge < -0.3 is 10.1 Å². The minimum Gasteiger partial charge on any atom is -0.496 e. The van der Waals surface area contributed by atoms with Gasteiger partial charge in [0.05, 0.1) is 24.9 Å². The van der Waals surface area contributed by atoms with Crippen LogP contribution in [-0.2, 0) is 17.5 Å². The normalized spacial score (nSPS) is 15.8. The lowest BCUT2D eigenvalue weighted by molar-refractivity contribution is -0.137. The molecule has 1 heterocycles. The first kappa shape index (κ1) is 22.1. The molecule has 162 valence electrons. The molecule has 0 unspecified atom stereocenters. The summed E-state index contributed by atoms with van der Waals surface area (Å²) < 4.78 is 44.7. The summed E-state index contributed by atoms with van der Waals surface area (Å²) in [5.74, 6) is 0.409. The van der Waals surface area contributed by atoms with Crippen molar-refractivity contribution in [2.45, 2.75) is 19.6 Å². The van der Waals surface area contributed by atoms with Gasteiger partial charge in [0.1, 0.15) is 5.75 Å². The van der Waals surface area contributed by atoms with Crippen LogP contribution in [0.3, 0.4) is 0 Å². The number of rotatable bonds is 6. The molecule has 0 aliphatic carbocycles. The van der Waals surface area contributed by atoms with Crippen LogP contribution in [0.15, 0.2) is 42.5 Å². The molecule has 0 aromatic heterocycles. The Kier molecular flexibility index (Phi) is 6.99. The molecule has 1 fully saturated rings. The van der Waals surface area contributed by atoms with Crippen molar-refractivity contribution >= 4 is 11.6 Å². The summed E-state index contributed by atoms with van der Waals surface area (Å²) in [4.78, 5) is 16.5. The van der Waals surface area contributed by atoms with E-state index in [1.54, 1.807) is 7.11 Å². The minimum atomic E-state index is -4.51. The Labute approximate surface area is 174 Å². The fraction of sp³-hybridized carbons (Fsp3) is 0.409. The SMILES string of the molecule is COc1ccc(C)cc1CN1CCN(CC(=O)Nc2ccccc2C(F)(F)F)CC1. The molecule has 5 nitrogen and oxygen atoms in total. The second-order valence-corrected chi connectivity index (χ2v) is 7.46. The number of piperazine rings is 1. The molecule has 3 rings (SSSR count). The van der Waals surface area contributed by atoms with Gasteiger partial charge in [-0.15, -0.1) is 0 Å². The second-order valence-electron chi connectivity index (χ2n) is 7.46. The van der Waals surface area contributed by atoms with E-state index in [-0.39, 0.29) is 12.2 Å². The number of amides is 1. The van der Waals surface area contributed by atoms with Crippen LogP contribution in [-0.4, -0.2) is 55.5 Å². The van der Waals surface area contributed by atoms with Crippen molar-refractivity contribution in [1.29, 1.82) is 0 Å². The molecule has 0 atom stereocenters. The third-order valence-corrected chi connectivity index (χ3v) is 5.17. The van der Waals surface area contributed by atoms with Crippen molar-refractivity contribution in [2.75, 3.05) is 45.2 Å². The van der Waals surface area contributed by atoms with Gasteiger partial charge in [-0.2, -0.15) is 13.2 Å². The zero-order chi connectivity index (χ0) is 21.7. The van der Waals surface area contributed by atoms with E-state index in [0.717, 1.165) is 37.0 Å². The van der Waals surface area contributed by atoms with Crippen LogP contribution in [0.1, 0.15) is 16.7 Å². The maximum Gasteiger partial charge on any atom is 0.418 e. The summed E-state index contributed by atoms with van der Waals surface area (Å²) in [5, 5.41) is 2.41. The van der Waals surface area contributed by atoms with Gasteiger partial charge in [0.25, 0.3) is 0 Å². The molecule has 1 aliphatic heterocycles. The molecule has 2 aromatic rings. The van der Waals surface area contributed by atoms with E-state index in [1.165, 1.54) is 23.8 Å². The summed E-state index contributed by atoms with van der Waals surface area (Å²) >= 11 is 0. The summed E-state index contributed by atoms with van der Waals surface area (Å²) in [6, 6.07) is 11.1. The molecule has 0 radical (unpaired) electrons. The Bertz CT molecular complexity index is 878. The number of ether oxygens (including phenoxy) is 1. The summed E-state index contributed by atoms with van der Waals surface area (Å²) in [5.41, 5.74) is 1.24. The largest absolute Gasteiger partial charge is 0.496 e. The van der Waals surface area contributed by atoms with Crippen molar-refractivity contribution in [3.8, 4) is 5.75 Å². The van der Waals surface area contributed by atoms with Crippen LogP contribution in [0.2, 0.25) is 0 Å². The van der Waals surface area contributed by atoms with E-state index < -0.39 is 17.6 Å².